The molecule has 0 saturated heterocycles. The zero-order chi connectivity index (χ0) is 11.4. The summed E-state index contributed by atoms with van der Waals surface area (Å²) in [6.07, 6.45) is 0. The van der Waals surface area contributed by atoms with Gasteiger partial charge in [0.2, 0.25) is 5.16 Å². The van der Waals surface area contributed by atoms with E-state index in [4.69, 9.17) is 5.73 Å². The zero-order valence-corrected chi connectivity index (χ0v) is 9.81. The highest BCUT2D eigenvalue weighted by atomic mass is 32.2. The molecule has 2 rings (SSSR count). The first-order valence-electron chi connectivity index (χ1n) is 4.92. The molecule has 2 N–H and O–H groups in total. The Labute approximate surface area is 98.0 Å². The normalized spacial score (nSPS) is 10.6. The maximum atomic E-state index is 5.59. The van der Waals surface area contributed by atoms with Gasteiger partial charge in [-0.05, 0) is 21.6 Å². The van der Waals surface area contributed by atoms with Gasteiger partial charge in [0.15, 0.2) is 0 Å². The van der Waals surface area contributed by atoms with Crippen molar-refractivity contribution < 1.29 is 0 Å². The van der Waals surface area contributed by atoms with Crippen LogP contribution in [-0.4, -0.2) is 20.2 Å². The summed E-state index contributed by atoms with van der Waals surface area (Å²) in [5.41, 5.74) is 7.97. The van der Waals surface area contributed by atoms with Crippen molar-refractivity contribution in [3.8, 4) is 0 Å². The molecule has 0 atom stereocenters. The van der Waals surface area contributed by atoms with Crippen LogP contribution >= 0.6 is 11.8 Å². The summed E-state index contributed by atoms with van der Waals surface area (Å²) in [5.74, 6) is 0.849. The maximum absolute atomic E-state index is 5.59. The van der Waals surface area contributed by atoms with Crippen molar-refractivity contribution in [3.05, 3.63) is 35.4 Å². The van der Waals surface area contributed by atoms with Crippen molar-refractivity contribution in [1.29, 1.82) is 0 Å². The average molecular weight is 235 g/mol. The van der Waals surface area contributed by atoms with Crippen molar-refractivity contribution in [2.75, 3.05) is 0 Å². The van der Waals surface area contributed by atoms with Crippen LogP contribution in [0.1, 0.15) is 11.1 Å². The lowest BCUT2D eigenvalue weighted by atomic mass is 10.1. The Morgan fingerprint density at radius 3 is 2.88 bits per heavy atom. The van der Waals surface area contributed by atoms with E-state index in [1.807, 2.05) is 19.2 Å². The van der Waals surface area contributed by atoms with E-state index < -0.39 is 0 Å². The van der Waals surface area contributed by atoms with Crippen LogP contribution < -0.4 is 5.73 Å². The second-order valence-corrected chi connectivity index (χ2v) is 4.34. The topological polar surface area (TPSA) is 69.6 Å². The van der Waals surface area contributed by atoms with Gasteiger partial charge >= 0.3 is 0 Å². The number of nitrogens with two attached hydrogens (primary N) is 1. The molecule has 1 heterocycles. The minimum atomic E-state index is 0.573. The largest absolute Gasteiger partial charge is 0.326 e. The summed E-state index contributed by atoms with van der Waals surface area (Å²) < 4.78 is 1.66. The number of benzene rings is 1. The van der Waals surface area contributed by atoms with Crippen LogP contribution in [0.5, 0.6) is 0 Å². The highest BCUT2D eigenvalue weighted by Gasteiger charge is 2.03. The first kappa shape index (κ1) is 11.1. The molecule has 0 unspecified atom stereocenters. The molecule has 0 radical (unpaired) electrons. The summed E-state index contributed by atoms with van der Waals surface area (Å²) in [5, 5.41) is 12.1. The van der Waals surface area contributed by atoms with E-state index in [1.54, 1.807) is 16.4 Å². The van der Waals surface area contributed by atoms with Gasteiger partial charge in [0.05, 0.1) is 0 Å². The molecular weight excluding hydrogens is 222 g/mol. The second kappa shape index (κ2) is 5.09. The lowest BCUT2D eigenvalue weighted by Gasteiger charge is -2.02. The molecule has 0 aliphatic heterocycles. The minimum Gasteiger partial charge on any atom is -0.326 e. The second-order valence-electron chi connectivity index (χ2n) is 3.40. The Morgan fingerprint density at radius 1 is 1.38 bits per heavy atom. The minimum absolute atomic E-state index is 0.573. The van der Waals surface area contributed by atoms with E-state index in [2.05, 4.69) is 27.7 Å². The van der Waals surface area contributed by atoms with Gasteiger partial charge in [-0.25, -0.2) is 4.68 Å². The van der Waals surface area contributed by atoms with Gasteiger partial charge in [0.1, 0.15) is 0 Å². The lowest BCUT2D eigenvalue weighted by molar-refractivity contribution is 0.664. The highest BCUT2D eigenvalue weighted by molar-refractivity contribution is 7.98. The molecule has 1 aromatic heterocycles. The molecule has 0 aliphatic rings. The van der Waals surface area contributed by atoms with Crippen molar-refractivity contribution in [2.45, 2.75) is 17.5 Å². The number of hydrogen-bond donors (Lipinski definition) is 1. The average Bonchev–Trinajstić information content (AvgIpc) is 2.72. The fourth-order valence-corrected chi connectivity index (χ4v) is 2.13. The predicted molar refractivity (Wildman–Crippen MR) is 62.7 cm³/mol. The molecule has 5 nitrogen and oxygen atoms in total. The molecule has 2 aromatic rings. The molecule has 0 fully saturated rings. The van der Waals surface area contributed by atoms with Gasteiger partial charge in [0.25, 0.3) is 0 Å². The summed E-state index contributed by atoms with van der Waals surface area (Å²) in [6.45, 7) is 0.573. The maximum Gasteiger partial charge on any atom is 0.209 e. The predicted octanol–water partition coefficient (Wildman–Crippen LogP) is 0.961. The molecule has 84 valence electrons. The summed E-state index contributed by atoms with van der Waals surface area (Å²) >= 11 is 1.61. The van der Waals surface area contributed by atoms with E-state index >= 15 is 0 Å². The fraction of sp³-hybridized carbons (Fsp3) is 0.300. The first-order valence-corrected chi connectivity index (χ1v) is 5.91. The van der Waals surface area contributed by atoms with E-state index in [0.29, 0.717) is 6.54 Å². The third kappa shape index (κ3) is 2.59. The third-order valence-electron chi connectivity index (χ3n) is 2.18. The molecular formula is C10H13N5S. The van der Waals surface area contributed by atoms with Crippen LogP contribution in [0.4, 0.5) is 0 Å². The SMILES string of the molecule is Cn1nnnc1SCc1cccc(CN)c1. The van der Waals surface area contributed by atoms with Crippen LogP contribution in [-0.2, 0) is 19.3 Å². The Bertz CT molecular complexity index is 468. The van der Waals surface area contributed by atoms with Crippen LogP contribution in [0, 0.1) is 0 Å². The Hall–Kier alpha value is -1.40. The standard InChI is InChI=1S/C10H13N5S/c1-15-10(12-13-14-15)16-7-9-4-2-3-8(5-9)6-11/h2-5H,6-7,11H2,1H3. The molecule has 0 saturated carbocycles. The van der Waals surface area contributed by atoms with Crippen LogP contribution in [0.25, 0.3) is 0 Å². The molecule has 0 spiro atoms. The number of thioether (sulfide) groups is 1. The van der Waals surface area contributed by atoms with Crippen LogP contribution in [0.3, 0.4) is 0 Å². The Kier molecular flexibility index (Phi) is 3.53. The fourth-order valence-electron chi connectivity index (χ4n) is 1.34. The Balaban J connectivity index is 2.02. The third-order valence-corrected chi connectivity index (χ3v) is 3.26. The van der Waals surface area contributed by atoms with Gasteiger partial charge in [0, 0.05) is 19.3 Å². The smallest absolute Gasteiger partial charge is 0.209 e. The van der Waals surface area contributed by atoms with E-state index in [1.165, 1.54) is 5.56 Å². The van der Waals surface area contributed by atoms with Crippen molar-refractivity contribution >= 4 is 11.8 Å². The van der Waals surface area contributed by atoms with E-state index in [9.17, 15) is 0 Å². The van der Waals surface area contributed by atoms with Crippen LogP contribution in [0.15, 0.2) is 29.4 Å². The van der Waals surface area contributed by atoms with Crippen molar-refractivity contribution in [2.24, 2.45) is 12.8 Å². The van der Waals surface area contributed by atoms with Crippen molar-refractivity contribution in [1.82, 2.24) is 20.2 Å². The van der Waals surface area contributed by atoms with Crippen molar-refractivity contribution in [3.63, 3.8) is 0 Å². The Morgan fingerprint density at radius 2 is 2.19 bits per heavy atom. The molecule has 1 aromatic carbocycles. The number of nitrogens with zero attached hydrogens (tertiary/aromatic N) is 4. The lowest BCUT2D eigenvalue weighted by Crippen LogP contribution is -1.97. The number of tetrazole rings is 1. The first-order chi connectivity index (χ1) is 7.79. The van der Waals surface area contributed by atoms with E-state index in [-0.39, 0.29) is 0 Å². The molecule has 0 aliphatic carbocycles. The molecule has 16 heavy (non-hydrogen) atoms. The highest BCUT2D eigenvalue weighted by Crippen LogP contribution is 2.19. The summed E-state index contributed by atoms with van der Waals surface area (Å²) in [6, 6.07) is 8.23. The number of aryl methyl sites for hydroxylation is 1. The van der Waals surface area contributed by atoms with Gasteiger partial charge in [-0.15, -0.1) is 5.10 Å². The number of rotatable bonds is 4. The van der Waals surface area contributed by atoms with Gasteiger partial charge in [-0.2, -0.15) is 0 Å². The van der Waals surface area contributed by atoms with Crippen LogP contribution in [0.2, 0.25) is 0 Å². The molecule has 0 bridgehead atoms. The van der Waals surface area contributed by atoms with Gasteiger partial charge in [-0.3, -0.25) is 0 Å². The quantitative estimate of drug-likeness (QED) is 0.799. The summed E-state index contributed by atoms with van der Waals surface area (Å²) in [4.78, 5) is 0. The van der Waals surface area contributed by atoms with Gasteiger partial charge in [-0.1, -0.05) is 36.0 Å². The zero-order valence-electron chi connectivity index (χ0n) is 9.00. The summed E-state index contributed by atoms with van der Waals surface area (Å²) in [7, 11) is 1.83. The number of hydrogen-bond acceptors (Lipinski definition) is 5. The molecule has 6 heteroatoms. The van der Waals surface area contributed by atoms with Gasteiger partial charge < -0.3 is 5.73 Å². The monoisotopic (exact) mass is 235 g/mol. The number of aromatic nitrogens is 4. The molecule has 0 amide bonds. The van der Waals surface area contributed by atoms with E-state index in [0.717, 1.165) is 16.5 Å².